The van der Waals surface area contributed by atoms with Crippen LogP contribution in [0.15, 0.2) is 58.2 Å². The van der Waals surface area contributed by atoms with Crippen molar-refractivity contribution >= 4 is 26.5 Å². The van der Waals surface area contributed by atoms with Gasteiger partial charge in [0.1, 0.15) is 5.75 Å². The number of carbonyl (C=O) groups excluding carboxylic acids is 1. The Balaban J connectivity index is 1.72. The number of benzene rings is 2. The first-order valence-electron chi connectivity index (χ1n) is 8.96. The lowest BCUT2D eigenvalue weighted by Gasteiger charge is -2.11. The van der Waals surface area contributed by atoms with Crippen LogP contribution in [-0.4, -0.2) is 44.0 Å². The van der Waals surface area contributed by atoms with Crippen LogP contribution < -0.4 is 15.6 Å². The number of rotatable bonds is 7. The van der Waals surface area contributed by atoms with Gasteiger partial charge in [-0.2, -0.15) is 5.10 Å². The fourth-order valence-electron chi connectivity index (χ4n) is 2.86. The van der Waals surface area contributed by atoms with E-state index >= 15 is 0 Å². The molecule has 152 valence electrons. The van der Waals surface area contributed by atoms with E-state index in [9.17, 15) is 18.0 Å². The lowest BCUT2D eigenvalue weighted by molar-refractivity contribution is 0.0957. The molecule has 29 heavy (non-hydrogen) atoms. The maximum atomic E-state index is 12.7. The van der Waals surface area contributed by atoms with E-state index in [-0.39, 0.29) is 28.6 Å². The molecule has 3 rings (SSSR count). The molecule has 0 atom stereocenters. The summed E-state index contributed by atoms with van der Waals surface area (Å²) in [7, 11) is -1.74. The number of nitrogens with one attached hydrogen (secondary N) is 1. The van der Waals surface area contributed by atoms with E-state index in [1.807, 2.05) is 0 Å². The first-order valence-corrected chi connectivity index (χ1v) is 10.9. The largest absolute Gasteiger partial charge is 0.494 e. The summed E-state index contributed by atoms with van der Waals surface area (Å²) in [5.41, 5.74) is -0.0780. The van der Waals surface area contributed by atoms with Gasteiger partial charge >= 0.3 is 0 Å². The van der Waals surface area contributed by atoms with Gasteiger partial charge in [-0.3, -0.25) is 9.59 Å². The third-order valence-electron chi connectivity index (χ3n) is 4.34. The van der Waals surface area contributed by atoms with Gasteiger partial charge in [-0.05, 0) is 30.3 Å². The third-order valence-corrected chi connectivity index (χ3v) is 5.47. The molecule has 9 heteroatoms. The second-order valence-corrected chi connectivity index (χ2v) is 8.46. The Morgan fingerprint density at radius 2 is 1.76 bits per heavy atom. The van der Waals surface area contributed by atoms with Crippen molar-refractivity contribution in [1.82, 2.24) is 15.1 Å². The molecular formula is C20H21N3O5S. The molecule has 0 radical (unpaired) electrons. The predicted octanol–water partition coefficient (Wildman–Crippen LogP) is 1.63. The Morgan fingerprint density at radius 1 is 1.10 bits per heavy atom. The van der Waals surface area contributed by atoms with E-state index in [2.05, 4.69) is 10.4 Å². The molecule has 1 aromatic heterocycles. The van der Waals surface area contributed by atoms with Crippen molar-refractivity contribution in [2.75, 3.05) is 19.9 Å². The highest BCUT2D eigenvalue weighted by Gasteiger charge is 2.15. The topological polar surface area (TPSA) is 107 Å². The zero-order valence-corrected chi connectivity index (χ0v) is 16.9. The van der Waals surface area contributed by atoms with Gasteiger partial charge in [-0.25, -0.2) is 13.1 Å². The van der Waals surface area contributed by atoms with Crippen LogP contribution in [0.5, 0.6) is 5.75 Å². The SMILES string of the molecule is CNC(=O)c1nn(CCCOc2ccc(S(C)(=O)=O)cc2)c(=O)c2ccccc12. The zero-order chi connectivity index (χ0) is 21.0. The lowest BCUT2D eigenvalue weighted by atomic mass is 10.1. The molecular weight excluding hydrogens is 394 g/mol. The fraction of sp³-hybridized carbons (Fsp3) is 0.250. The van der Waals surface area contributed by atoms with Crippen LogP contribution in [-0.2, 0) is 16.4 Å². The van der Waals surface area contributed by atoms with Gasteiger partial charge in [0, 0.05) is 31.7 Å². The van der Waals surface area contributed by atoms with Gasteiger partial charge in [0.2, 0.25) is 0 Å². The Bertz CT molecular complexity index is 1200. The number of hydrogen-bond donors (Lipinski definition) is 1. The molecule has 1 amide bonds. The van der Waals surface area contributed by atoms with E-state index < -0.39 is 9.84 Å². The summed E-state index contributed by atoms with van der Waals surface area (Å²) >= 11 is 0. The van der Waals surface area contributed by atoms with Crippen LogP contribution in [0, 0.1) is 0 Å². The van der Waals surface area contributed by atoms with Crippen LogP contribution in [0.4, 0.5) is 0 Å². The minimum atomic E-state index is -3.25. The highest BCUT2D eigenvalue weighted by Crippen LogP contribution is 2.16. The van der Waals surface area contributed by atoms with Gasteiger partial charge in [0.25, 0.3) is 11.5 Å². The van der Waals surface area contributed by atoms with E-state index in [0.29, 0.717) is 29.5 Å². The van der Waals surface area contributed by atoms with Gasteiger partial charge in [0.15, 0.2) is 15.5 Å². The summed E-state index contributed by atoms with van der Waals surface area (Å²) in [6, 6.07) is 13.0. The number of sulfone groups is 1. The Kier molecular flexibility index (Phi) is 5.97. The normalized spacial score (nSPS) is 11.4. The standard InChI is InChI=1S/C20H21N3O5S/c1-21-19(24)18-16-6-3-4-7-17(16)20(25)23(22-18)12-5-13-28-14-8-10-15(11-9-14)29(2,26)27/h3-4,6-11H,5,12-13H2,1-2H3,(H,21,24). The summed E-state index contributed by atoms with van der Waals surface area (Å²) in [4.78, 5) is 25.0. The molecule has 0 spiro atoms. The number of aryl methyl sites for hydroxylation is 1. The minimum Gasteiger partial charge on any atom is -0.494 e. The van der Waals surface area contributed by atoms with Gasteiger partial charge in [-0.15, -0.1) is 0 Å². The van der Waals surface area contributed by atoms with Crippen LogP contribution in [0.1, 0.15) is 16.9 Å². The van der Waals surface area contributed by atoms with Gasteiger partial charge in [-0.1, -0.05) is 18.2 Å². The van der Waals surface area contributed by atoms with E-state index in [4.69, 9.17) is 4.74 Å². The number of nitrogens with zero attached hydrogens (tertiary/aromatic N) is 2. The molecule has 0 aliphatic rings. The molecule has 0 bridgehead atoms. The summed E-state index contributed by atoms with van der Waals surface area (Å²) in [6.07, 6.45) is 1.62. The number of hydrogen-bond acceptors (Lipinski definition) is 6. The third kappa shape index (κ3) is 4.62. The molecule has 0 aliphatic carbocycles. The molecule has 0 unspecified atom stereocenters. The smallest absolute Gasteiger partial charge is 0.274 e. The van der Waals surface area contributed by atoms with Crippen molar-refractivity contribution < 1.29 is 17.9 Å². The Morgan fingerprint density at radius 3 is 2.38 bits per heavy atom. The molecule has 1 heterocycles. The number of aromatic nitrogens is 2. The van der Waals surface area contributed by atoms with Crippen LogP contribution >= 0.6 is 0 Å². The maximum Gasteiger partial charge on any atom is 0.274 e. The first-order chi connectivity index (χ1) is 13.8. The van der Waals surface area contributed by atoms with E-state index in [1.54, 1.807) is 36.4 Å². The molecule has 0 saturated carbocycles. The van der Waals surface area contributed by atoms with Crippen molar-refractivity contribution in [3.63, 3.8) is 0 Å². The number of fused-ring (bicyclic) bond motifs is 1. The summed E-state index contributed by atoms with van der Waals surface area (Å²) in [5, 5.41) is 7.70. The average molecular weight is 415 g/mol. The molecule has 0 saturated heterocycles. The van der Waals surface area contributed by atoms with Gasteiger partial charge in [0.05, 0.1) is 16.9 Å². The van der Waals surface area contributed by atoms with Crippen molar-refractivity contribution in [3.8, 4) is 5.75 Å². The zero-order valence-electron chi connectivity index (χ0n) is 16.1. The van der Waals surface area contributed by atoms with Crippen LogP contribution in [0.3, 0.4) is 0 Å². The summed E-state index contributed by atoms with van der Waals surface area (Å²) < 4.78 is 29.8. The quantitative estimate of drug-likeness (QED) is 0.588. The van der Waals surface area contributed by atoms with Crippen molar-refractivity contribution in [1.29, 1.82) is 0 Å². The highest BCUT2D eigenvalue weighted by molar-refractivity contribution is 7.90. The van der Waals surface area contributed by atoms with Crippen LogP contribution in [0.25, 0.3) is 10.8 Å². The molecule has 0 aliphatic heterocycles. The highest BCUT2D eigenvalue weighted by atomic mass is 32.2. The first kappa shape index (κ1) is 20.5. The predicted molar refractivity (Wildman–Crippen MR) is 109 cm³/mol. The minimum absolute atomic E-state index is 0.194. The fourth-order valence-corrected chi connectivity index (χ4v) is 3.49. The lowest BCUT2D eigenvalue weighted by Crippen LogP contribution is -2.29. The van der Waals surface area contributed by atoms with Crippen LogP contribution in [0.2, 0.25) is 0 Å². The molecule has 1 N–H and O–H groups in total. The molecule has 8 nitrogen and oxygen atoms in total. The summed E-state index contributed by atoms with van der Waals surface area (Å²) in [5.74, 6) is 0.166. The maximum absolute atomic E-state index is 12.7. The Hall–Kier alpha value is -3.20. The van der Waals surface area contributed by atoms with E-state index in [0.717, 1.165) is 6.26 Å². The summed E-state index contributed by atoms with van der Waals surface area (Å²) in [6.45, 7) is 0.573. The second-order valence-electron chi connectivity index (χ2n) is 6.45. The average Bonchev–Trinajstić information content (AvgIpc) is 2.72. The van der Waals surface area contributed by atoms with E-state index in [1.165, 1.54) is 23.9 Å². The number of carbonyl (C=O) groups is 1. The Labute approximate surface area is 168 Å². The number of ether oxygens (including phenoxy) is 1. The molecule has 3 aromatic rings. The van der Waals surface area contributed by atoms with Crippen molar-refractivity contribution in [3.05, 3.63) is 64.6 Å². The molecule has 0 fully saturated rings. The molecule has 2 aromatic carbocycles. The van der Waals surface area contributed by atoms with Gasteiger partial charge < -0.3 is 10.1 Å². The van der Waals surface area contributed by atoms with Crippen molar-refractivity contribution in [2.45, 2.75) is 17.9 Å². The monoisotopic (exact) mass is 415 g/mol. The number of amides is 1. The van der Waals surface area contributed by atoms with Crippen molar-refractivity contribution in [2.24, 2.45) is 0 Å². The second kappa shape index (κ2) is 8.44.